The van der Waals surface area contributed by atoms with Crippen LogP contribution < -0.4 is 5.32 Å². The molecule has 1 unspecified atom stereocenters. The largest absolute Gasteiger partial charge is 0.356 e. The van der Waals surface area contributed by atoms with Gasteiger partial charge in [-0.1, -0.05) is 91.7 Å². The minimum Gasteiger partial charge on any atom is -0.356 e. The molecule has 2 aliphatic rings. The molecule has 3 atom stereocenters. The van der Waals surface area contributed by atoms with E-state index in [1.54, 1.807) is 11.8 Å². The summed E-state index contributed by atoms with van der Waals surface area (Å²) >= 11 is 7.74. The monoisotopic (exact) mass is 541 g/mol. The second-order valence-electron chi connectivity index (χ2n) is 10.4. The summed E-state index contributed by atoms with van der Waals surface area (Å²) in [7, 11) is 0. The number of benzene rings is 3. The minimum atomic E-state index is -0.121. The highest BCUT2D eigenvalue weighted by Gasteiger charge is 2.43. The van der Waals surface area contributed by atoms with Crippen LogP contribution in [-0.2, 0) is 11.3 Å². The number of nitrogens with zero attached hydrogens (tertiary/aromatic N) is 2. The van der Waals surface area contributed by atoms with Crippen LogP contribution in [0.5, 0.6) is 0 Å². The number of rotatable bonds is 6. The normalized spacial score (nSPS) is 22.9. The molecule has 1 aliphatic heterocycles. The van der Waals surface area contributed by atoms with Crippen molar-refractivity contribution < 1.29 is 4.79 Å². The Morgan fingerprint density at radius 2 is 1.71 bits per heavy atom. The lowest BCUT2D eigenvalue weighted by molar-refractivity contribution is -0.129. The van der Waals surface area contributed by atoms with Crippen molar-refractivity contribution in [1.82, 2.24) is 9.47 Å². The number of carbonyl (C=O) groups is 1. The van der Waals surface area contributed by atoms with Gasteiger partial charge >= 0.3 is 0 Å². The van der Waals surface area contributed by atoms with E-state index in [2.05, 4.69) is 82.5 Å². The van der Waals surface area contributed by atoms with Crippen LogP contribution in [0.3, 0.4) is 0 Å². The number of aromatic nitrogens is 1. The van der Waals surface area contributed by atoms with Crippen LogP contribution in [0.15, 0.2) is 90.0 Å². The van der Waals surface area contributed by atoms with Crippen molar-refractivity contribution >= 4 is 51.9 Å². The molecule has 1 aliphatic carbocycles. The van der Waals surface area contributed by atoms with Gasteiger partial charge in [0.15, 0.2) is 5.50 Å². The number of thioether (sulfide) groups is 1. The molecule has 1 aromatic heterocycles. The molecule has 0 bridgehead atoms. The van der Waals surface area contributed by atoms with Gasteiger partial charge < -0.3 is 14.8 Å². The summed E-state index contributed by atoms with van der Waals surface area (Å²) in [4.78, 5) is 16.9. The number of nitrogens with one attached hydrogen (secondary N) is 1. The summed E-state index contributed by atoms with van der Waals surface area (Å²) in [6.07, 6.45) is 8.94. The predicted octanol–water partition coefficient (Wildman–Crippen LogP) is 8.23. The molecule has 1 amide bonds. The Morgan fingerprint density at radius 1 is 0.974 bits per heavy atom. The van der Waals surface area contributed by atoms with Crippen molar-refractivity contribution in [2.24, 2.45) is 5.92 Å². The van der Waals surface area contributed by atoms with Gasteiger partial charge in [0.2, 0.25) is 0 Å². The van der Waals surface area contributed by atoms with Crippen molar-refractivity contribution in [3.05, 3.63) is 106 Å². The Morgan fingerprint density at radius 3 is 2.50 bits per heavy atom. The van der Waals surface area contributed by atoms with Gasteiger partial charge in [0.25, 0.3) is 5.91 Å². The Labute approximate surface area is 233 Å². The molecule has 38 heavy (non-hydrogen) atoms. The number of halogens is 1. The molecule has 1 N–H and O–H groups in total. The zero-order valence-corrected chi connectivity index (χ0v) is 23.1. The number of carbonyl (C=O) groups excluding carboxylic acids is 1. The number of amides is 1. The number of para-hydroxylation sites is 2. The van der Waals surface area contributed by atoms with E-state index in [1.165, 1.54) is 24.8 Å². The summed E-state index contributed by atoms with van der Waals surface area (Å²) in [5, 5.41) is 5.54. The van der Waals surface area contributed by atoms with Gasteiger partial charge in [-0.2, -0.15) is 0 Å². The zero-order valence-electron chi connectivity index (χ0n) is 21.5. The molecule has 0 radical (unpaired) electrons. The first-order chi connectivity index (χ1) is 18.6. The second kappa shape index (κ2) is 10.9. The summed E-state index contributed by atoms with van der Waals surface area (Å²) < 4.78 is 2.26. The Bertz CT molecular complexity index is 1460. The fraction of sp³-hybridized carbons (Fsp3) is 0.281. The van der Waals surface area contributed by atoms with Crippen LogP contribution in [0, 0.1) is 5.92 Å². The van der Waals surface area contributed by atoms with E-state index in [-0.39, 0.29) is 17.4 Å². The van der Waals surface area contributed by atoms with E-state index in [0.29, 0.717) is 5.92 Å². The first-order valence-corrected chi connectivity index (χ1v) is 14.7. The van der Waals surface area contributed by atoms with Gasteiger partial charge in [0.1, 0.15) is 0 Å². The highest BCUT2D eigenvalue weighted by Crippen LogP contribution is 2.42. The summed E-state index contributed by atoms with van der Waals surface area (Å²) in [6.45, 7) is 3.04. The van der Waals surface area contributed by atoms with Crippen LogP contribution >= 0.6 is 23.4 Å². The topological polar surface area (TPSA) is 37.3 Å². The number of hydrogen-bond donors (Lipinski definition) is 1. The third kappa shape index (κ3) is 5.10. The van der Waals surface area contributed by atoms with Gasteiger partial charge in [-0.05, 0) is 60.7 Å². The molecule has 4 nitrogen and oxygen atoms in total. The van der Waals surface area contributed by atoms with Crippen molar-refractivity contribution in [3.8, 4) is 0 Å². The summed E-state index contributed by atoms with van der Waals surface area (Å²) in [6, 6.07) is 26.9. The van der Waals surface area contributed by atoms with Gasteiger partial charge in [0, 0.05) is 46.0 Å². The van der Waals surface area contributed by atoms with E-state index in [4.69, 9.17) is 11.6 Å². The van der Waals surface area contributed by atoms with E-state index in [9.17, 15) is 4.79 Å². The van der Waals surface area contributed by atoms with Crippen LogP contribution in [0.4, 0.5) is 5.69 Å². The van der Waals surface area contributed by atoms with E-state index in [0.717, 1.165) is 45.0 Å². The van der Waals surface area contributed by atoms with Crippen LogP contribution in [-0.4, -0.2) is 26.9 Å². The van der Waals surface area contributed by atoms with Crippen LogP contribution in [0.25, 0.3) is 17.0 Å². The quantitative estimate of drug-likeness (QED) is 0.250. The SMILES string of the molecule is C[C@H]1CCCC[C@@H]1N1C(=O)/C(=C/c2cn(Cc3ccc(Cl)cc3)c3ccccc23)SC1Nc1ccccc1. The molecule has 2 heterocycles. The number of anilines is 1. The van der Waals surface area contributed by atoms with Crippen molar-refractivity contribution in [1.29, 1.82) is 0 Å². The minimum absolute atomic E-state index is 0.121. The maximum Gasteiger partial charge on any atom is 0.262 e. The van der Waals surface area contributed by atoms with Crippen molar-refractivity contribution in [2.75, 3.05) is 5.32 Å². The Balaban J connectivity index is 1.35. The predicted molar refractivity (Wildman–Crippen MR) is 160 cm³/mol. The third-order valence-corrected chi connectivity index (χ3v) is 9.16. The molecule has 0 spiro atoms. The molecule has 1 saturated carbocycles. The molecule has 1 saturated heterocycles. The lowest BCUT2D eigenvalue weighted by Crippen LogP contribution is -2.48. The van der Waals surface area contributed by atoms with Gasteiger partial charge in [-0.15, -0.1) is 0 Å². The maximum absolute atomic E-state index is 14.0. The van der Waals surface area contributed by atoms with E-state index < -0.39 is 0 Å². The average molecular weight is 542 g/mol. The van der Waals surface area contributed by atoms with Gasteiger partial charge in [0.05, 0.1) is 4.91 Å². The maximum atomic E-state index is 14.0. The molecule has 6 rings (SSSR count). The van der Waals surface area contributed by atoms with E-state index >= 15 is 0 Å². The van der Waals surface area contributed by atoms with Crippen molar-refractivity contribution in [3.63, 3.8) is 0 Å². The second-order valence-corrected chi connectivity index (χ2v) is 11.9. The molecule has 6 heteroatoms. The number of hydrogen-bond acceptors (Lipinski definition) is 3. The third-order valence-electron chi connectivity index (χ3n) is 7.80. The first kappa shape index (κ1) is 25.1. The standard InChI is InChI=1S/C32H32ClN3OS/c1-22-9-5-7-13-28(22)36-31(37)30(38-32(36)34-26-10-3-2-4-11-26)19-24-21-35(29-14-8-6-12-27(24)29)20-23-15-17-25(33)18-16-23/h2-4,6,8,10-12,14-19,21-22,28,32,34H,5,7,9,13,20H2,1H3/b30-19-/t22-,28-,32?/m0/s1. The number of fused-ring (bicyclic) bond motifs is 1. The smallest absolute Gasteiger partial charge is 0.262 e. The summed E-state index contributed by atoms with van der Waals surface area (Å²) in [5.41, 5.74) is 4.32. The highest BCUT2D eigenvalue weighted by molar-refractivity contribution is 8.05. The molecule has 4 aromatic rings. The van der Waals surface area contributed by atoms with Crippen LogP contribution in [0.1, 0.15) is 43.7 Å². The van der Waals surface area contributed by atoms with E-state index in [1.807, 2.05) is 30.3 Å². The highest BCUT2D eigenvalue weighted by atomic mass is 35.5. The molecular weight excluding hydrogens is 510 g/mol. The van der Waals surface area contributed by atoms with Crippen LogP contribution in [0.2, 0.25) is 5.02 Å². The lowest BCUT2D eigenvalue weighted by Gasteiger charge is -2.39. The van der Waals surface area contributed by atoms with Crippen molar-refractivity contribution in [2.45, 2.75) is 50.7 Å². The fourth-order valence-electron chi connectivity index (χ4n) is 5.82. The fourth-order valence-corrected chi connectivity index (χ4v) is 7.14. The first-order valence-electron chi connectivity index (χ1n) is 13.4. The van der Waals surface area contributed by atoms with Gasteiger partial charge in [-0.25, -0.2) is 0 Å². The average Bonchev–Trinajstić information content (AvgIpc) is 3.43. The lowest BCUT2D eigenvalue weighted by atomic mass is 9.85. The molecule has 2 fully saturated rings. The van der Waals surface area contributed by atoms with Gasteiger partial charge in [-0.3, -0.25) is 4.79 Å². The zero-order chi connectivity index (χ0) is 26.1. The summed E-state index contributed by atoms with van der Waals surface area (Å²) in [5.74, 6) is 0.630. The Kier molecular flexibility index (Phi) is 7.22. The molecular formula is C32H32ClN3OS. The Hall–Kier alpha value is -3.15. The molecule has 194 valence electrons. The molecule has 3 aromatic carbocycles.